The molecular weight excluding hydrogens is 394 g/mol. The molecule has 3 aromatic rings. The number of benzene rings is 2. The molecule has 6 nitrogen and oxygen atoms in total. The zero-order valence-corrected chi connectivity index (χ0v) is 16.7. The third kappa shape index (κ3) is 2.59. The standard InChI is InChI=1S/C20H17N3O3S2/c1-2-26-12-7-8-13-16(11-12)27-19(21-13)22-18(25)20-10-9-17(24)23(20)14-5-3-4-6-15(14)28-20/h3-8,11H,2,9-10H2,1H3,(H,21,22,25)/t20-/m0/s1. The number of carbonyl (C=O) groups is 2. The second kappa shape index (κ2) is 6.49. The number of hydrogen-bond donors (Lipinski definition) is 1. The van der Waals surface area contributed by atoms with Gasteiger partial charge in [0.15, 0.2) is 10.0 Å². The summed E-state index contributed by atoms with van der Waals surface area (Å²) in [5.74, 6) is 0.561. The molecule has 2 aliphatic heterocycles. The highest BCUT2D eigenvalue weighted by Gasteiger charge is 2.57. The summed E-state index contributed by atoms with van der Waals surface area (Å²) in [6, 6.07) is 13.3. The van der Waals surface area contributed by atoms with E-state index in [1.165, 1.54) is 23.1 Å². The number of rotatable bonds is 4. The Morgan fingerprint density at radius 2 is 2.18 bits per heavy atom. The Labute approximate surface area is 169 Å². The van der Waals surface area contributed by atoms with Gasteiger partial charge in [0.05, 0.1) is 22.5 Å². The fraction of sp³-hybridized carbons (Fsp3) is 0.250. The van der Waals surface area contributed by atoms with Gasteiger partial charge < -0.3 is 4.74 Å². The van der Waals surface area contributed by atoms with Gasteiger partial charge in [-0.15, -0.1) is 0 Å². The first-order valence-electron chi connectivity index (χ1n) is 9.07. The summed E-state index contributed by atoms with van der Waals surface area (Å²) in [5.41, 5.74) is 1.62. The van der Waals surface area contributed by atoms with Crippen LogP contribution in [0.25, 0.3) is 10.2 Å². The summed E-state index contributed by atoms with van der Waals surface area (Å²) >= 11 is 2.86. The quantitative estimate of drug-likeness (QED) is 0.694. The number of aromatic nitrogens is 1. The predicted molar refractivity (Wildman–Crippen MR) is 111 cm³/mol. The Hall–Kier alpha value is -2.58. The molecule has 0 unspecified atom stereocenters. The maximum atomic E-state index is 13.3. The van der Waals surface area contributed by atoms with Crippen molar-refractivity contribution in [2.75, 3.05) is 16.8 Å². The molecule has 8 heteroatoms. The number of carbonyl (C=O) groups excluding carboxylic acids is 2. The average Bonchev–Trinajstić information content (AvgIpc) is 3.33. The predicted octanol–water partition coefficient (Wildman–Crippen LogP) is 4.26. The van der Waals surface area contributed by atoms with Gasteiger partial charge in [0.2, 0.25) is 5.91 Å². The van der Waals surface area contributed by atoms with Gasteiger partial charge in [-0.3, -0.25) is 19.8 Å². The number of amides is 2. The monoisotopic (exact) mass is 411 g/mol. The maximum absolute atomic E-state index is 13.3. The Bertz CT molecular complexity index is 1110. The van der Waals surface area contributed by atoms with E-state index in [1.807, 2.05) is 49.4 Å². The van der Waals surface area contributed by atoms with Crippen molar-refractivity contribution in [2.45, 2.75) is 29.5 Å². The van der Waals surface area contributed by atoms with E-state index in [2.05, 4.69) is 10.3 Å². The fourth-order valence-electron chi connectivity index (χ4n) is 3.71. The number of nitrogens with zero attached hydrogens (tertiary/aromatic N) is 2. The van der Waals surface area contributed by atoms with E-state index in [1.54, 1.807) is 4.90 Å². The van der Waals surface area contributed by atoms with Crippen LogP contribution in [-0.4, -0.2) is 28.3 Å². The van der Waals surface area contributed by atoms with E-state index in [0.29, 0.717) is 24.6 Å². The molecule has 3 heterocycles. The number of fused-ring (bicyclic) bond motifs is 4. The Kier molecular flexibility index (Phi) is 4.06. The molecule has 0 saturated carbocycles. The lowest BCUT2D eigenvalue weighted by Crippen LogP contribution is -2.49. The third-order valence-corrected chi connectivity index (χ3v) is 7.33. The molecule has 2 aliphatic rings. The summed E-state index contributed by atoms with van der Waals surface area (Å²) in [4.78, 5) is 32.0. The average molecular weight is 412 g/mol. The van der Waals surface area contributed by atoms with Gasteiger partial charge >= 0.3 is 0 Å². The summed E-state index contributed by atoms with van der Waals surface area (Å²) in [6.07, 6.45) is 0.850. The molecule has 28 heavy (non-hydrogen) atoms. The molecule has 2 amide bonds. The summed E-state index contributed by atoms with van der Waals surface area (Å²) in [6.45, 7) is 2.53. The molecule has 142 valence electrons. The molecule has 5 rings (SSSR count). The van der Waals surface area contributed by atoms with Gasteiger partial charge in [-0.25, -0.2) is 4.98 Å². The van der Waals surface area contributed by atoms with Gasteiger partial charge in [-0.2, -0.15) is 0 Å². The van der Waals surface area contributed by atoms with Crippen LogP contribution in [0.2, 0.25) is 0 Å². The Morgan fingerprint density at radius 1 is 1.32 bits per heavy atom. The highest BCUT2D eigenvalue weighted by atomic mass is 32.2. The van der Waals surface area contributed by atoms with Crippen LogP contribution in [0.1, 0.15) is 19.8 Å². The molecule has 1 atom stereocenters. The van der Waals surface area contributed by atoms with Gasteiger partial charge in [0.25, 0.3) is 5.91 Å². The first kappa shape index (κ1) is 17.5. The summed E-state index contributed by atoms with van der Waals surface area (Å²) in [5, 5.41) is 3.48. The molecule has 1 saturated heterocycles. The van der Waals surface area contributed by atoms with Crippen LogP contribution in [-0.2, 0) is 9.59 Å². The van der Waals surface area contributed by atoms with Crippen molar-refractivity contribution in [1.29, 1.82) is 0 Å². The minimum Gasteiger partial charge on any atom is -0.494 e. The summed E-state index contributed by atoms with van der Waals surface area (Å²) < 4.78 is 6.48. The minimum atomic E-state index is -0.935. The summed E-state index contributed by atoms with van der Waals surface area (Å²) in [7, 11) is 0. The largest absolute Gasteiger partial charge is 0.494 e. The topological polar surface area (TPSA) is 71.5 Å². The van der Waals surface area contributed by atoms with Crippen molar-refractivity contribution in [3.63, 3.8) is 0 Å². The lowest BCUT2D eigenvalue weighted by Gasteiger charge is -2.29. The third-order valence-electron chi connectivity index (χ3n) is 4.92. The van der Waals surface area contributed by atoms with Crippen LogP contribution in [0.5, 0.6) is 5.75 Å². The molecule has 1 N–H and O–H groups in total. The van der Waals surface area contributed by atoms with Crippen LogP contribution >= 0.6 is 23.1 Å². The fourth-order valence-corrected chi connectivity index (χ4v) is 6.01. The SMILES string of the molecule is CCOc1ccc2nc(NC(=O)[C@@]34CCC(=O)N3c3ccccc3S4)sc2c1. The molecule has 0 aliphatic carbocycles. The molecule has 2 aromatic carbocycles. The first-order chi connectivity index (χ1) is 13.6. The molecule has 0 radical (unpaired) electrons. The number of anilines is 2. The van der Waals surface area contributed by atoms with E-state index < -0.39 is 4.87 Å². The number of thioether (sulfide) groups is 1. The number of nitrogens with one attached hydrogen (secondary N) is 1. The smallest absolute Gasteiger partial charge is 0.263 e. The number of thiazole rings is 1. The Morgan fingerprint density at radius 3 is 3.04 bits per heavy atom. The minimum absolute atomic E-state index is 0.0155. The number of para-hydroxylation sites is 1. The van der Waals surface area contributed by atoms with Crippen molar-refractivity contribution in [3.05, 3.63) is 42.5 Å². The molecule has 1 aromatic heterocycles. The highest BCUT2D eigenvalue weighted by Crippen LogP contribution is 2.56. The zero-order chi connectivity index (χ0) is 19.3. The van der Waals surface area contributed by atoms with Crippen molar-refractivity contribution in [2.24, 2.45) is 0 Å². The van der Waals surface area contributed by atoms with E-state index in [-0.39, 0.29) is 11.8 Å². The van der Waals surface area contributed by atoms with Crippen molar-refractivity contribution >= 4 is 55.9 Å². The number of hydrogen-bond acceptors (Lipinski definition) is 6. The first-order valence-corrected chi connectivity index (χ1v) is 10.7. The van der Waals surface area contributed by atoms with E-state index >= 15 is 0 Å². The van der Waals surface area contributed by atoms with Gasteiger partial charge in [0.1, 0.15) is 5.75 Å². The molecule has 0 spiro atoms. The van der Waals surface area contributed by atoms with Crippen molar-refractivity contribution < 1.29 is 14.3 Å². The van der Waals surface area contributed by atoms with Crippen LogP contribution in [0.15, 0.2) is 47.4 Å². The van der Waals surface area contributed by atoms with Crippen LogP contribution in [0.4, 0.5) is 10.8 Å². The van der Waals surface area contributed by atoms with Crippen LogP contribution in [0, 0.1) is 0 Å². The van der Waals surface area contributed by atoms with E-state index in [0.717, 1.165) is 26.5 Å². The molecule has 0 bridgehead atoms. The van der Waals surface area contributed by atoms with E-state index in [9.17, 15) is 9.59 Å². The highest BCUT2D eigenvalue weighted by molar-refractivity contribution is 8.02. The molecular formula is C20H17N3O3S2. The van der Waals surface area contributed by atoms with Gasteiger partial charge in [-0.05, 0) is 43.7 Å². The Balaban J connectivity index is 1.45. The maximum Gasteiger partial charge on any atom is 0.263 e. The van der Waals surface area contributed by atoms with Crippen LogP contribution < -0.4 is 15.0 Å². The second-order valence-corrected chi connectivity index (χ2v) is 8.97. The zero-order valence-electron chi connectivity index (χ0n) is 15.1. The number of ether oxygens (including phenoxy) is 1. The van der Waals surface area contributed by atoms with Crippen LogP contribution in [0.3, 0.4) is 0 Å². The molecule has 1 fully saturated rings. The van der Waals surface area contributed by atoms with E-state index in [4.69, 9.17) is 4.74 Å². The van der Waals surface area contributed by atoms with Gasteiger partial charge in [0, 0.05) is 11.3 Å². The lowest BCUT2D eigenvalue weighted by molar-refractivity contribution is -0.121. The van der Waals surface area contributed by atoms with Crippen molar-refractivity contribution in [3.8, 4) is 5.75 Å². The second-order valence-electron chi connectivity index (χ2n) is 6.62. The van der Waals surface area contributed by atoms with Crippen molar-refractivity contribution in [1.82, 2.24) is 4.98 Å². The van der Waals surface area contributed by atoms with Gasteiger partial charge in [-0.1, -0.05) is 35.2 Å². The normalized spacial score (nSPS) is 20.3. The lowest BCUT2D eigenvalue weighted by atomic mass is 10.2.